The van der Waals surface area contributed by atoms with Gasteiger partial charge in [0.25, 0.3) is 0 Å². The summed E-state index contributed by atoms with van der Waals surface area (Å²) < 4.78 is 0. The van der Waals surface area contributed by atoms with E-state index in [1.54, 1.807) is 6.20 Å². The number of likely N-dealkylation sites (tertiary alicyclic amines) is 1. The third-order valence-corrected chi connectivity index (χ3v) is 4.84. The molecule has 20 heavy (non-hydrogen) atoms. The number of fused-ring (bicyclic) bond motifs is 1. The highest BCUT2D eigenvalue weighted by Gasteiger charge is 2.43. The zero-order chi connectivity index (χ0) is 14.0. The standard InChI is InChI=1S/C16H22N2O2/c19-15(11-14-6-2-4-9-17-14)18-10-8-16(20)7-3-1-5-13(16)12-18/h2,4,6,9,13,20H,1,3,5,7-8,10-12H2. The summed E-state index contributed by atoms with van der Waals surface area (Å²) in [6, 6.07) is 5.65. The van der Waals surface area contributed by atoms with Gasteiger partial charge in [-0.05, 0) is 31.4 Å². The molecule has 1 amide bonds. The van der Waals surface area contributed by atoms with Gasteiger partial charge >= 0.3 is 0 Å². The fourth-order valence-electron chi connectivity index (χ4n) is 3.57. The molecule has 1 N–H and O–H groups in total. The van der Waals surface area contributed by atoms with Gasteiger partial charge in [0, 0.05) is 30.9 Å². The van der Waals surface area contributed by atoms with Crippen LogP contribution in [-0.4, -0.2) is 39.6 Å². The minimum atomic E-state index is -0.514. The van der Waals surface area contributed by atoms with E-state index < -0.39 is 5.60 Å². The maximum absolute atomic E-state index is 12.4. The fourth-order valence-corrected chi connectivity index (χ4v) is 3.57. The molecule has 2 heterocycles. The Hall–Kier alpha value is -1.42. The quantitative estimate of drug-likeness (QED) is 0.894. The monoisotopic (exact) mass is 274 g/mol. The molecule has 1 aromatic heterocycles. The molecule has 0 spiro atoms. The summed E-state index contributed by atoms with van der Waals surface area (Å²) in [6.45, 7) is 1.39. The van der Waals surface area contributed by atoms with Gasteiger partial charge in [0.1, 0.15) is 0 Å². The van der Waals surface area contributed by atoms with Gasteiger partial charge in [0.15, 0.2) is 0 Å². The lowest BCUT2D eigenvalue weighted by Gasteiger charge is -2.47. The van der Waals surface area contributed by atoms with Crippen molar-refractivity contribution in [3.8, 4) is 0 Å². The Morgan fingerprint density at radius 2 is 2.30 bits per heavy atom. The van der Waals surface area contributed by atoms with Gasteiger partial charge in [-0.25, -0.2) is 0 Å². The fraction of sp³-hybridized carbons (Fsp3) is 0.625. The molecule has 2 unspecified atom stereocenters. The van der Waals surface area contributed by atoms with E-state index in [2.05, 4.69) is 4.98 Å². The molecule has 1 aliphatic heterocycles. The predicted molar refractivity (Wildman–Crippen MR) is 76.0 cm³/mol. The first-order valence-corrected chi connectivity index (χ1v) is 7.57. The van der Waals surface area contributed by atoms with E-state index in [0.29, 0.717) is 19.5 Å². The number of carbonyl (C=O) groups is 1. The first-order chi connectivity index (χ1) is 9.67. The van der Waals surface area contributed by atoms with Crippen molar-refractivity contribution in [3.63, 3.8) is 0 Å². The van der Waals surface area contributed by atoms with Crippen LogP contribution < -0.4 is 0 Å². The molecule has 1 aromatic rings. The number of nitrogens with zero attached hydrogens (tertiary/aromatic N) is 2. The average Bonchev–Trinajstić information content (AvgIpc) is 2.47. The molecule has 4 nitrogen and oxygen atoms in total. The molecule has 0 aromatic carbocycles. The highest BCUT2D eigenvalue weighted by Crippen LogP contribution is 2.39. The van der Waals surface area contributed by atoms with E-state index in [0.717, 1.165) is 31.4 Å². The Morgan fingerprint density at radius 1 is 1.40 bits per heavy atom. The molecule has 2 aliphatic rings. The predicted octanol–water partition coefficient (Wildman–Crippen LogP) is 1.78. The molecule has 4 heteroatoms. The van der Waals surface area contributed by atoms with E-state index in [1.165, 1.54) is 6.42 Å². The zero-order valence-corrected chi connectivity index (χ0v) is 11.8. The summed E-state index contributed by atoms with van der Waals surface area (Å²) in [4.78, 5) is 18.5. The van der Waals surface area contributed by atoms with Crippen molar-refractivity contribution in [2.75, 3.05) is 13.1 Å². The summed E-state index contributed by atoms with van der Waals surface area (Å²) in [6.07, 6.45) is 7.06. The van der Waals surface area contributed by atoms with Crippen LogP contribution >= 0.6 is 0 Å². The molecule has 2 atom stereocenters. The second kappa shape index (κ2) is 5.52. The summed E-state index contributed by atoms with van der Waals surface area (Å²) in [5, 5.41) is 10.6. The van der Waals surface area contributed by atoms with Gasteiger partial charge in [-0.3, -0.25) is 9.78 Å². The van der Waals surface area contributed by atoms with Crippen LogP contribution in [0.15, 0.2) is 24.4 Å². The first-order valence-electron chi connectivity index (χ1n) is 7.57. The van der Waals surface area contributed by atoms with Gasteiger partial charge in [0.2, 0.25) is 5.91 Å². The lowest BCUT2D eigenvalue weighted by atomic mass is 9.71. The van der Waals surface area contributed by atoms with E-state index in [4.69, 9.17) is 0 Å². The highest BCUT2D eigenvalue weighted by atomic mass is 16.3. The van der Waals surface area contributed by atoms with E-state index in [-0.39, 0.29) is 11.8 Å². The van der Waals surface area contributed by atoms with Crippen LogP contribution in [0.4, 0.5) is 0 Å². The maximum atomic E-state index is 12.4. The molecular weight excluding hydrogens is 252 g/mol. The average molecular weight is 274 g/mol. The second-order valence-corrected chi connectivity index (χ2v) is 6.13. The Labute approximate surface area is 119 Å². The van der Waals surface area contributed by atoms with Crippen LogP contribution in [0.2, 0.25) is 0 Å². The Balaban J connectivity index is 1.63. The molecule has 108 valence electrons. The topological polar surface area (TPSA) is 53.4 Å². The number of aliphatic hydroxyl groups is 1. The molecular formula is C16H22N2O2. The highest BCUT2D eigenvalue weighted by molar-refractivity contribution is 5.78. The molecule has 1 saturated carbocycles. The summed E-state index contributed by atoms with van der Waals surface area (Å²) in [5.74, 6) is 0.397. The second-order valence-electron chi connectivity index (χ2n) is 6.13. The largest absolute Gasteiger partial charge is 0.389 e. The minimum absolute atomic E-state index is 0.135. The Bertz CT molecular complexity index is 477. The third-order valence-electron chi connectivity index (χ3n) is 4.84. The van der Waals surface area contributed by atoms with Gasteiger partial charge in [0.05, 0.1) is 12.0 Å². The van der Waals surface area contributed by atoms with Crippen LogP contribution in [-0.2, 0) is 11.2 Å². The summed E-state index contributed by atoms with van der Waals surface area (Å²) in [5.41, 5.74) is 0.307. The first kappa shape index (κ1) is 13.6. The van der Waals surface area contributed by atoms with E-state index in [9.17, 15) is 9.90 Å². The number of hydrogen-bond donors (Lipinski definition) is 1. The van der Waals surface area contributed by atoms with Crippen LogP contribution in [0.5, 0.6) is 0 Å². The molecule has 0 radical (unpaired) electrons. The van der Waals surface area contributed by atoms with Crippen molar-refractivity contribution < 1.29 is 9.90 Å². The van der Waals surface area contributed by atoms with Crippen LogP contribution in [0.1, 0.15) is 37.8 Å². The molecule has 1 aliphatic carbocycles. The number of piperidine rings is 1. The Morgan fingerprint density at radius 3 is 3.10 bits per heavy atom. The summed E-state index contributed by atoms with van der Waals surface area (Å²) >= 11 is 0. The smallest absolute Gasteiger partial charge is 0.228 e. The van der Waals surface area contributed by atoms with Crippen molar-refractivity contribution in [3.05, 3.63) is 30.1 Å². The number of rotatable bonds is 2. The van der Waals surface area contributed by atoms with Gasteiger partial charge in [-0.15, -0.1) is 0 Å². The lowest BCUT2D eigenvalue weighted by molar-refractivity contribution is -0.142. The summed E-state index contributed by atoms with van der Waals surface area (Å²) in [7, 11) is 0. The van der Waals surface area contributed by atoms with Gasteiger partial charge in [-0.1, -0.05) is 18.9 Å². The van der Waals surface area contributed by atoms with Gasteiger partial charge < -0.3 is 10.0 Å². The number of aromatic nitrogens is 1. The Kier molecular flexibility index (Phi) is 3.74. The van der Waals surface area contributed by atoms with E-state index >= 15 is 0 Å². The van der Waals surface area contributed by atoms with E-state index in [1.807, 2.05) is 23.1 Å². The lowest BCUT2D eigenvalue weighted by Crippen LogP contribution is -2.54. The zero-order valence-electron chi connectivity index (χ0n) is 11.8. The number of pyridine rings is 1. The normalized spacial score (nSPS) is 29.9. The van der Waals surface area contributed by atoms with Gasteiger partial charge in [-0.2, -0.15) is 0 Å². The third kappa shape index (κ3) is 2.70. The van der Waals surface area contributed by atoms with Crippen LogP contribution in [0.3, 0.4) is 0 Å². The number of amides is 1. The van der Waals surface area contributed by atoms with Crippen molar-refractivity contribution in [2.24, 2.45) is 5.92 Å². The van der Waals surface area contributed by atoms with Crippen LogP contribution in [0, 0.1) is 5.92 Å². The molecule has 2 fully saturated rings. The molecule has 1 saturated heterocycles. The number of hydrogen-bond acceptors (Lipinski definition) is 3. The number of carbonyl (C=O) groups excluding carboxylic acids is 1. The van der Waals surface area contributed by atoms with Crippen molar-refractivity contribution in [2.45, 2.75) is 44.1 Å². The minimum Gasteiger partial charge on any atom is -0.389 e. The van der Waals surface area contributed by atoms with Crippen LogP contribution in [0.25, 0.3) is 0 Å². The van der Waals surface area contributed by atoms with Crippen molar-refractivity contribution in [1.82, 2.24) is 9.88 Å². The van der Waals surface area contributed by atoms with Crippen molar-refractivity contribution >= 4 is 5.91 Å². The van der Waals surface area contributed by atoms with Crippen molar-refractivity contribution in [1.29, 1.82) is 0 Å². The maximum Gasteiger partial charge on any atom is 0.228 e. The molecule has 0 bridgehead atoms. The molecule has 3 rings (SSSR count). The SMILES string of the molecule is O=C(Cc1ccccn1)N1CCC2(O)CCCCC2C1.